The Balaban J connectivity index is 1.60. The SMILES string of the molecule is CCCCCCCCC[C@H](O)CC[C@@H]1[C@H]2Cc3cccc(OCC(=O)O)c3C[C@H]2C[C@H]1OC(=O)CCCO. The Kier molecular flexibility index (Phi) is 12.9. The number of fused-ring (bicyclic) bond motifs is 2. The highest BCUT2D eigenvalue weighted by molar-refractivity contribution is 5.69. The van der Waals surface area contributed by atoms with Gasteiger partial charge in [-0.2, -0.15) is 0 Å². The van der Waals surface area contributed by atoms with Crippen molar-refractivity contribution in [1.82, 2.24) is 0 Å². The van der Waals surface area contributed by atoms with Crippen molar-refractivity contribution in [2.45, 2.75) is 115 Å². The molecule has 214 valence electrons. The molecule has 0 heterocycles. The van der Waals surface area contributed by atoms with Gasteiger partial charge in [-0.15, -0.1) is 0 Å². The second-order valence-corrected chi connectivity index (χ2v) is 11.3. The van der Waals surface area contributed by atoms with Gasteiger partial charge in [0.25, 0.3) is 0 Å². The summed E-state index contributed by atoms with van der Waals surface area (Å²) in [5.41, 5.74) is 2.25. The largest absolute Gasteiger partial charge is 0.482 e. The number of rotatable bonds is 18. The Labute approximate surface area is 227 Å². The van der Waals surface area contributed by atoms with Crippen LogP contribution in [0.25, 0.3) is 0 Å². The molecule has 3 N–H and O–H groups in total. The number of benzene rings is 1. The van der Waals surface area contributed by atoms with Gasteiger partial charge in [0.1, 0.15) is 11.9 Å². The first-order chi connectivity index (χ1) is 18.4. The summed E-state index contributed by atoms with van der Waals surface area (Å²) < 4.78 is 11.6. The fourth-order valence-electron chi connectivity index (χ4n) is 6.50. The molecule has 0 unspecified atom stereocenters. The second kappa shape index (κ2) is 16.1. The van der Waals surface area contributed by atoms with Crippen molar-refractivity contribution in [3.8, 4) is 5.75 Å². The molecule has 0 aromatic heterocycles. The highest BCUT2D eigenvalue weighted by atomic mass is 16.5. The lowest BCUT2D eigenvalue weighted by Gasteiger charge is -2.32. The van der Waals surface area contributed by atoms with Crippen molar-refractivity contribution in [1.29, 1.82) is 0 Å². The first-order valence-electron chi connectivity index (χ1n) is 14.9. The molecule has 3 rings (SSSR count). The van der Waals surface area contributed by atoms with Crippen molar-refractivity contribution in [3.05, 3.63) is 29.3 Å². The van der Waals surface area contributed by atoms with Crippen LogP contribution in [0.15, 0.2) is 18.2 Å². The number of aliphatic hydroxyl groups excluding tert-OH is 2. The van der Waals surface area contributed by atoms with E-state index in [4.69, 9.17) is 19.7 Å². The smallest absolute Gasteiger partial charge is 0.341 e. The summed E-state index contributed by atoms with van der Waals surface area (Å²) in [4.78, 5) is 23.5. The van der Waals surface area contributed by atoms with Crippen LogP contribution < -0.4 is 4.74 Å². The molecule has 7 heteroatoms. The summed E-state index contributed by atoms with van der Waals surface area (Å²) in [6, 6.07) is 5.84. The van der Waals surface area contributed by atoms with Crippen molar-refractivity contribution in [3.63, 3.8) is 0 Å². The minimum Gasteiger partial charge on any atom is -0.482 e. The molecule has 0 bridgehead atoms. The first-order valence-corrected chi connectivity index (χ1v) is 14.9. The molecule has 1 aromatic rings. The molecular weight excluding hydrogens is 484 g/mol. The Morgan fingerprint density at radius 1 is 1.03 bits per heavy atom. The maximum atomic E-state index is 12.5. The molecule has 0 amide bonds. The van der Waals surface area contributed by atoms with Gasteiger partial charge < -0.3 is 24.8 Å². The van der Waals surface area contributed by atoms with Crippen LogP contribution in [0.3, 0.4) is 0 Å². The average molecular weight is 533 g/mol. The van der Waals surface area contributed by atoms with Crippen LogP contribution in [0.1, 0.15) is 102 Å². The lowest BCUT2D eigenvalue weighted by atomic mass is 9.73. The molecule has 1 fully saturated rings. The third-order valence-corrected chi connectivity index (χ3v) is 8.47. The summed E-state index contributed by atoms with van der Waals surface area (Å²) >= 11 is 0. The number of hydrogen-bond donors (Lipinski definition) is 3. The van der Waals surface area contributed by atoms with E-state index in [1.807, 2.05) is 12.1 Å². The molecule has 2 aliphatic carbocycles. The zero-order chi connectivity index (χ0) is 27.3. The molecule has 7 nitrogen and oxygen atoms in total. The van der Waals surface area contributed by atoms with Crippen LogP contribution in [0.4, 0.5) is 0 Å². The van der Waals surface area contributed by atoms with E-state index >= 15 is 0 Å². The second-order valence-electron chi connectivity index (χ2n) is 11.3. The van der Waals surface area contributed by atoms with Gasteiger partial charge in [0.15, 0.2) is 6.61 Å². The Morgan fingerprint density at radius 2 is 1.79 bits per heavy atom. The molecule has 0 radical (unpaired) electrons. The van der Waals surface area contributed by atoms with Crippen LogP contribution in [-0.4, -0.2) is 52.7 Å². The molecule has 0 saturated heterocycles. The normalized spacial score (nSPS) is 22.9. The summed E-state index contributed by atoms with van der Waals surface area (Å²) in [5.74, 6) is 0.213. The summed E-state index contributed by atoms with van der Waals surface area (Å²) in [5, 5.41) is 28.9. The predicted octanol–water partition coefficient (Wildman–Crippen LogP) is 5.47. The quantitative estimate of drug-likeness (QED) is 0.170. The van der Waals surface area contributed by atoms with Crippen molar-refractivity contribution < 1.29 is 34.4 Å². The monoisotopic (exact) mass is 532 g/mol. The Hall–Kier alpha value is -2.12. The third kappa shape index (κ3) is 9.26. The molecule has 5 atom stereocenters. The number of carboxylic acid groups (broad SMARTS) is 1. The third-order valence-electron chi connectivity index (χ3n) is 8.47. The molecular formula is C31H48O7. The maximum absolute atomic E-state index is 12.5. The van der Waals surface area contributed by atoms with Gasteiger partial charge in [-0.3, -0.25) is 4.79 Å². The standard InChI is InChI=1S/C31H48O7/c1-2-3-4-5-6-7-8-12-24(33)15-16-25-26-18-22-11-9-13-28(37-21-30(34)35)27(22)19-23(26)20-29(25)38-31(36)14-10-17-32/h9,11,13,23-26,29,32-33H,2-8,10,12,14-21H2,1H3,(H,34,35)/t23-,24-,25+,26-,29+/m0/s1. The lowest BCUT2D eigenvalue weighted by molar-refractivity contribution is -0.151. The highest BCUT2D eigenvalue weighted by Crippen LogP contribution is 2.49. The number of aliphatic hydroxyl groups is 2. The topological polar surface area (TPSA) is 113 Å². The van der Waals surface area contributed by atoms with Gasteiger partial charge in [-0.05, 0) is 79.9 Å². The van der Waals surface area contributed by atoms with Crippen LogP contribution in [0, 0.1) is 17.8 Å². The van der Waals surface area contributed by atoms with E-state index in [0.29, 0.717) is 30.4 Å². The van der Waals surface area contributed by atoms with Gasteiger partial charge in [-0.1, -0.05) is 64.0 Å². The summed E-state index contributed by atoms with van der Waals surface area (Å²) in [6.45, 7) is 1.83. The lowest BCUT2D eigenvalue weighted by Crippen LogP contribution is -2.30. The Morgan fingerprint density at radius 3 is 2.53 bits per heavy atom. The van der Waals surface area contributed by atoms with Gasteiger partial charge in [0, 0.05) is 13.0 Å². The van der Waals surface area contributed by atoms with Crippen LogP contribution >= 0.6 is 0 Å². The van der Waals surface area contributed by atoms with Crippen LogP contribution in [0.5, 0.6) is 5.75 Å². The number of carbonyl (C=O) groups excluding carboxylic acids is 1. The predicted molar refractivity (Wildman–Crippen MR) is 146 cm³/mol. The van der Waals surface area contributed by atoms with Gasteiger partial charge in [0.05, 0.1) is 6.10 Å². The molecule has 38 heavy (non-hydrogen) atoms. The van der Waals surface area contributed by atoms with Crippen molar-refractivity contribution in [2.75, 3.05) is 13.2 Å². The van der Waals surface area contributed by atoms with E-state index in [0.717, 1.165) is 44.1 Å². The molecule has 0 spiro atoms. The highest BCUT2D eigenvalue weighted by Gasteiger charge is 2.47. The minimum atomic E-state index is -0.998. The van der Waals surface area contributed by atoms with Gasteiger partial charge in [0.2, 0.25) is 0 Å². The number of unbranched alkanes of at least 4 members (excludes halogenated alkanes) is 6. The van der Waals surface area contributed by atoms with E-state index in [1.54, 1.807) is 0 Å². The minimum absolute atomic E-state index is 0.0341. The fraction of sp³-hybridized carbons (Fsp3) is 0.742. The van der Waals surface area contributed by atoms with Crippen LogP contribution in [-0.2, 0) is 27.2 Å². The molecule has 1 aromatic carbocycles. The number of hydrogen-bond acceptors (Lipinski definition) is 6. The van der Waals surface area contributed by atoms with E-state index in [9.17, 15) is 14.7 Å². The molecule has 1 saturated carbocycles. The number of carboxylic acids is 1. The number of esters is 1. The molecule has 0 aliphatic heterocycles. The summed E-state index contributed by atoms with van der Waals surface area (Å²) in [7, 11) is 0. The van der Waals surface area contributed by atoms with Crippen molar-refractivity contribution >= 4 is 11.9 Å². The van der Waals surface area contributed by atoms with Gasteiger partial charge in [-0.25, -0.2) is 4.79 Å². The fourth-order valence-corrected chi connectivity index (χ4v) is 6.50. The number of carbonyl (C=O) groups is 2. The Bertz CT molecular complexity index is 870. The van der Waals surface area contributed by atoms with Crippen LogP contribution in [0.2, 0.25) is 0 Å². The van der Waals surface area contributed by atoms with Gasteiger partial charge >= 0.3 is 11.9 Å². The molecule has 2 aliphatic rings. The number of aliphatic carboxylic acids is 1. The van der Waals surface area contributed by atoms with E-state index in [-0.39, 0.29) is 43.7 Å². The summed E-state index contributed by atoms with van der Waals surface area (Å²) in [6.07, 6.45) is 13.4. The van der Waals surface area contributed by atoms with E-state index in [1.165, 1.54) is 44.1 Å². The first kappa shape index (κ1) is 30.4. The van der Waals surface area contributed by atoms with E-state index < -0.39 is 5.97 Å². The average Bonchev–Trinajstić information content (AvgIpc) is 3.23. The zero-order valence-corrected chi connectivity index (χ0v) is 23.1. The maximum Gasteiger partial charge on any atom is 0.341 e. The zero-order valence-electron chi connectivity index (χ0n) is 23.1. The number of ether oxygens (including phenoxy) is 2. The van der Waals surface area contributed by atoms with Crippen molar-refractivity contribution in [2.24, 2.45) is 17.8 Å². The van der Waals surface area contributed by atoms with E-state index in [2.05, 4.69) is 13.0 Å².